The molecular formula is C13H15BrN2O2. The number of carbonyl (C=O) groups excluding carboxylic acids is 2. The first-order chi connectivity index (χ1) is 8.49. The number of hydrogen-bond acceptors (Lipinski definition) is 2. The maximum absolute atomic E-state index is 12.2. The van der Waals surface area contributed by atoms with Gasteiger partial charge in [-0.1, -0.05) is 15.9 Å². The zero-order valence-electron chi connectivity index (χ0n) is 10.1. The number of rotatable bonds is 2. The predicted molar refractivity (Wildman–Crippen MR) is 72.1 cm³/mol. The zero-order valence-corrected chi connectivity index (χ0v) is 11.7. The molecule has 0 radical (unpaired) electrons. The van der Waals surface area contributed by atoms with E-state index in [-0.39, 0.29) is 17.7 Å². The summed E-state index contributed by atoms with van der Waals surface area (Å²) in [6.45, 7) is 2.97. The minimum atomic E-state index is -0.322. The van der Waals surface area contributed by atoms with Crippen molar-refractivity contribution in [2.24, 2.45) is 11.7 Å². The van der Waals surface area contributed by atoms with Gasteiger partial charge in [-0.05, 0) is 37.1 Å². The lowest BCUT2D eigenvalue weighted by atomic mass is 10.1. The van der Waals surface area contributed by atoms with E-state index >= 15 is 0 Å². The third kappa shape index (κ3) is 2.56. The molecular weight excluding hydrogens is 296 g/mol. The van der Waals surface area contributed by atoms with Crippen molar-refractivity contribution in [1.29, 1.82) is 0 Å². The van der Waals surface area contributed by atoms with Crippen LogP contribution in [0.4, 0.5) is 0 Å². The van der Waals surface area contributed by atoms with Gasteiger partial charge in [0.2, 0.25) is 5.91 Å². The molecule has 1 aliphatic heterocycles. The fourth-order valence-electron chi connectivity index (χ4n) is 2.14. The summed E-state index contributed by atoms with van der Waals surface area (Å²) in [6.07, 6.45) is 0.663. The van der Waals surface area contributed by atoms with Gasteiger partial charge in [0.1, 0.15) is 0 Å². The lowest BCUT2D eigenvalue weighted by Crippen LogP contribution is -2.31. The number of carbonyl (C=O) groups is 2. The first-order valence-corrected chi connectivity index (χ1v) is 6.63. The molecule has 1 aromatic rings. The van der Waals surface area contributed by atoms with Crippen molar-refractivity contribution in [2.45, 2.75) is 13.3 Å². The average molecular weight is 311 g/mol. The molecule has 2 N–H and O–H groups in total. The van der Waals surface area contributed by atoms with Gasteiger partial charge in [0, 0.05) is 23.1 Å². The Hall–Kier alpha value is -1.36. The van der Waals surface area contributed by atoms with Crippen LogP contribution in [-0.4, -0.2) is 29.8 Å². The van der Waals surface area contributed by atoms with Gasteiger partial charge in [-0.3, -0.25) is 9.59 Å². The van der Waals surface area contributed by atoms with Crippen molar-refractivity contribution in [3.05, 3.63) is 33.8 Å². The van der Waals surface area contributed by atoms with Crippen molar-refractivity contribution in [1.82, 2.24) is 4.90 Å². The number of nitrogens with two attached hydrogens (primary N) is 1. The Morgan fingerprint density at radius 3 is 2.72 bits per heavy atom. The highest BCUT2D eigenvalue weighted by Crippen LogP contribution is 2.21. The minimum absolute atomic E-state index is 0.0330. The Balaban J connectivity index is 2.12. The van der Waals surface area contributed by atoms with E-state index in [1.54, 1.807) is 11.0 Å². The standard InChI is InChI=1S/C13H15BrN2O2/c1-8-6-9(2-3-11(8)14)13(18)16-5-4-10(7-16)12(15)17/h2-3,6,10H,4-5,7H2,1H3,(H2,15,17). The van der Waals surface area contributed by atoms with Gasteiger partial charge in [0.05, 0.1) is 5.92 Å². The van der Waals surface area contributed by atoms with Crippen molar-refractivity contribution in [2.75, 3.05) is 13.1 Å². The molecule has 96 valence electrons. The molecule has 0 aromatic heterocycles. The highest BCUT2D eigenvalue weighted by molar-refractivity contribution is 9.10. The van der Waals surface area contributed by atoms with Gasteiger partial charge in [-0.15, -0.1) is 0 Å². The number of hydrogen-bond donors (Lipinski definition) is 1. The molecule has 1 unspecified atom stereocenters. The highest BCUT2D eigenvalue weighted by atomic mass is 79.9. The second-order valence-corrected chi connectivity index (χ2v) is 5.46. The van der Waals surface area contributed by atoms with Crippen LogP contribution >= 0.6 is 15.9 Å². The Kier molecular flexibility index (Phi) is 3.71. The molecule has 0 aliphatic carbocycles. The van der Waals surface area contributed by atoms with Crippen molar-refractivity contribution >= 4 is 27.7 Å². The topological polar surface area (TPSA) is 63.4 Å². The van der Waals surface area contributed by atoms with Crippen LogP contribution in [0.15, 0.2) is 22.7 Å². The van der Waals surface area contributed by atoms with Gasteiger partial charge < -0.3 is 10.6 Å². The van der Waals surface area contributed by atoms with Crippen molar-refractivity contribution < 1.29 is 9.59 Å². The summed E-state index contributed by atoms with van der Waals surface area (Å²) in [5, 5.41) is 0. The Morgan fingerprint density at radius 1 is 1.44 bits per heavy atom. The largest absolute Gasteiger partial charge is 0.369 e. The van der Waals surface area contributed by atoms with E-state index in [1.807, 2.05) is 19.1 Å². The number of benzene rings is 1. The van der Waals surface area contributed by atoms with Crippen molar-refractivity contribution in [3.8, 4) is 0 Å². The fraction of sp³-hybridized carbons (Fsp3) is 0.385. The lowest BCUT2D eigenvalue weighted by Gasteiger charge is -2.16. The SMILES string of the molecule is Cc1cc(C(=O)N2CCC(C(N)=O)C2)ccc1Br. The maximum atomic E-state index is 12.2. The lowest BCUT2D eigenvalue weighted by molar-refractivity contribution is -0.121. The third-order valence-corrected chi connectivity index (χ3v) is 4.17. The summed E-state index contributed by atoms with van der Waals surface area (Å²) < 4.78 is 0.982. The van der Waals surface area contributed by atoms with Crippen LogP contribution in [0.5, 0.6) is 0 Å². The first kappa shape index (κ1) is 13.1. The smallest absolute Gasteiger partial charge is 0.253 e. The van der Waals surface area contributed by atoms with E-state index in [0.29, 0.717) is 25.1 Å². The summed E-state index contributed by atoms with van der Waals surface area (Å²) in [6, 6.07) is 5.51. The molecule has 1 fully saturated rings. The first-order valence-electron chi connectivity index (χ1n) is 5.84. The number of amides is 2. The van der Waals surface area contributed by atoms with Crippen LogP contribution in [0.2, 0.25) is 0 Å². The molecule has 2 amide bonds. The number of aryl methyl sites for hydroxylation is 1. The van der Waals surface area contributed by atoms with Gasteiger partial charge in [-0.25, -0.2) is 0 Å². The van der Waals surface area contributed by atoms with E-state index < -0.39 is 0 Å². The molecule has 1 aliphatic rings. The second-order valence-electron chi connectivity index (χ2n) is 4.60. The number of nitrogens with zero attached hydrogens (tertiary/aromatic N) is 1. The number of halogens is 1. The van der Waals surface area contributed by atoms with Gasteiger partial charge in [-0.2, -0.15) is 0 Å². The molecule has 2 rings (SSSR count). The van der Waals surface area contributed by atoms with E-state index in [4.69, 9.17) is 5.73 Å². The Labute approximate surface area is 114 Å². The van der Waals surface area contributed by atoms with Crippen LogP contribution in [0.1, 0.15) is 22.3 Å². The molecule has 0 spiro atoms. The van der Waals surface area contributed by atoms with Crippen molar-refractivity contribution in [3.63, 3.8) is 0 Å². The predicted octanol–water partition coefficient (Wildman–Crippen LogP) is 1.70. The highest BCUT2D eigenvalue weighted by Gasteiger charge is 2.30. The normalized spacial score (nSPS) is 19.0. The maximum Gasteiger partial charge on any atom is 0.253 e. The van der Waals surface area contributed by atoms with Gasteiger partial charge in [0.15, 0.2) is 0 Å². The molecule has 5 heteroatoms. The molecule has 18 heavy (non-hydrogen) atoms. The van der Waals surface area contributed by atoms with E-state index in [1.165, 1.54) is 0 Å². The Morgan fingerprint density at radius 2 is 2.17 bits per heavy atom. The molecule has 1 saturated heterocycles. The second kappa shape index (κ2) is 5.10. The van der Waals surface area contributed by atoms with E-state index in [0.717, 1.165) is 10.0 Å². The van der Waals surface area contributed by atoms with Gasteiger partial charge >= 0.3 is 0 Å². The third-order valence-electron chi connectivity index (χ3n) is 3.28. The summed E-state index contributed by atoms with van der Waals surface area (Å²) in [5.74, 6) is -0.558. The summed E-state index contributed by atoms with van der Waals surface area (Å²) in [4.78, 5) is 25.0. The summed E-state index contributed by atoms with van der Waals surface area (Å²) in [7, 11) is 0. The molecule has 1 heterocycles. The Bertz CT molecular complexity index is 502. The molecule has 0 saturated carbocycles. The molecule has 4 nitrogen and oxygen atoms in total. The number of primary amides is 1. The fourth-order valence-corrected chi connectivity index (χ4v) is 2.38. The molecule has 1 aromatic carbocycles. The monoisotopic (exact) mass is 310 g/mol. The van der Waals surface area contributed by atoms with E-state index in [9.17, 15) is 9.59 Å². The van der Waals surface area contributed by atoms with Crippen LogP contribution in [0, 0.1) is 12.8 Å². The van der Waals surface area contributed by atoms with Crippen LogP contribution in [0.25, 0.3) is 0 Å². The average Bonchev–Trinajstić information content (AvgIpc) is 2.81. The quantitative estimate of drug-likeness (QED) is 0.903. The van der Waals surface area contributed by atoms with Gasteiger partial charge in [0.25, 0.3) is 5.91 Å². The zero-order chi connectivity index (χ0) is 13.3. The molecule has 1 atom stereocenters. The minimum Gasteiger partial charge on any atom is -0.369 e. The number of likely N-dealkylation sites (tertiary alicyclic amines) is 1. The summed E-state index contributed by atoms with van der Waals surface area (Å²) in [5.41, 5.74) is 6.93. The summed E-state index contributed by atoms with van der Waals surface area (Å²) >= 11 is 3.40. The van der Waals surface area contributed by atoms with Crippen LogP contribution < -0.4 is 5.73 Å². The van der Waals surface area contributed by atoms with Crippen LogP contribution in [-0.2, 0) is 4.79 Å². The molecule has 0 bridgehead atoms. The van der Waals surface area contributed by atoms with Crippen LogP contribution in [0.3, 0.4) is 0 Å². The van der Waals surface area contributed by atoms with E-state index in [2.05, 4.69) is 15.9 Å².